The van der Waals surface area contributed by atoms with Crippen LogP contribution in [0.2, 0.25) is 0 Å². The molecule has 1 rings (SSSR count). The molecule has 1 unspecified atom stereocenters. The Bertz CT molecular complexity index is 409. The van der Waals surface area contributed by atoms with Crippen LogP contribution in [-0.4, -0.2) is 31.0 Å². The molecule has 0 spiro atoms. The number of nitrogens with two attached hydrogens (primary N) is 1. The summed E-state index contributed by atoms with van der Waals surface area (Å²) in [6.07, 6.45) is 1.21. The monoisotopic (exact) mass is 265 g/mol. The third-order valence-electron chi connectivity index (χ3n) is 3.31. The van der Waals surface area contributed by atoms with Crippen molar-refractivity contribution in [1.82, 2.24) is 10.3 Å². The fourth-order valence-electron chi connectivity index (χ4n) is 1.89. The number of carbonyl (C=O) groups is 1. The molecule has 0 heterocycles. The first-order valence-corrected chi connectivity index (χ1v) is 6.40. The van der Waals surface area contributed by atoms with Crippen LogP contribution in [0.15, 0.2) is 24.3 Å². The minimum Gasteiger partial charge on any atom is -0.496 e. The van der Waals surface area contributed by atoms with Crippen molar-refractivity contribution in [3.63, 3.8) is 0 Å². The number of ether oxygens (including phenoxy) is 1. The van der Waals surface area contributed by atoms with Crippen LogP contribution in [0.5, 0.6) is 5.75 Å². The lowest BCUT2D eigenvalue weighted by Crippen LogP contribution is -2.33. The van der Waals surface area contributed by atoms with Crippen molar-refractivity contribution >= 4 is 5.91 Å². The number of rotatable bonds is 7. The summed E-state index contributed by atoms with van der Waals surface area (Å²) in [7, 11) is 3.71. The van der Waals surface area contributed by atoms with Crippen molar-refractivity contribution in [2.75, 3.05) is 14.2 Å². The van der Waals surface area contributed by atoms with Gasteiger partial charge in [-0.2, -0.15) is 0 Å². The van der Waals surface area contributed by atoms with Gasteiger partial charge in [-0.3, -0.25) is 15.1 Å². The van der Waals surface area contributed by atoms with Crippen LogP contribution < -0.4 is 16.0 Å². The molecule has 1 amide bonds. The maximum atomic E-state index is 11.1. The second kappa shape index (κ2) is 7.76. The Morgan fingerprint density at radius 2 is 2.16 bits per heavy atom. The van der Waals surface area contributed by atoms with Gasteiger partial charge in [0, 0.05) is 24.6 Å². The zero-order valence-electron chi connectivity index (χ0n) is 11.8. The summed E-state index contributed by atoms with van der Waals surface area (Å²) in [5, 5.41) is 0. The van der Waals surface area contributed by atoms with Crippen molar-refractivity contribution in [3.8, 4) is 5.75 Å². The van der Waals surface area contributed by atoms with Gasteiger partial charge in [-0.1, -0.05) is 18.2 Å². The minimum atomic E-state index is -0.127. The largest absolute Gasteiger partial charge is 0.496 e. The molecule has 0 aromatic heterocycles. The van der Waals surface area contributed by atoms with Gasteiger partial charge in [0.2, 0.25) is 5.91 Å². The van der Waals surface area contributed by atoms with E-state index in [1.54, 1.807) is 7.11 Å². The van der Waals surface area contributed by atoms with E-state index in [0.29, 0.717) is 12.5 Å². The highest BCUT2D eigenvalue weighted by Gasteiger charge is 2.13. The van der Waals surface area contributed by atoms with Crippen LogP contribution in [0.4, 0.5) is 0 Å². The molecule has 0 fully saturated rings. The molecule has 1 aromatic rings. The Balaban J connectivity index is 2.53. The van der Waals surface area contributed by atoms with Gasteiger partial charge in [0.25, 0.3) is 0 Å². The SMILES string of the molecule is COc1ccccc1CN(C)C(C)CCC(=O)NN. The van der Waals surface area contributed by atoms with Crippen LogP contribution in [0.25, 0.3) is 0 Å². The molecule has 0 aliphatic carbocycles. The quantitative estimate of drug-likeness (QED) is 0.443. The smallest absolute Gasteiger partial charge is 0.233 e. The fraction of sp³-hybridized carbons (Fsp3) is 0.500. The second-order valence-corrected chi connectivity index (χ2v) is 4.68. The standard InChI is InChI=1S/C14H23N3O2/c1-11(8-9-14(18)16-15)17(2)10-12-6-4-5-7-13(12)19-3/h4-7,11H,8-10,15H2,1-3H3,(H,16,18). The lowest BCUT2D eigenvalue weighted by molar-refractivity contribution is -0.121. The van der Waals surface area contributed by atoms with E-state index in [2.05, 4.69) is 23.3 Å². The van der Waals surface area contributed by atoms with Crippen molar-refractivity contribution in [3.05, 3.63) is 29.8 Å². The first-order valence-electron chi connectivity index (χ1n) is 6.40. The highest BCUT2D eigenvalue weighted by atomic mass is 16.5. The van der Waals surface area contributed by atoms with E-state index in [1.807, 2.05) is 25.2 Å². The normalized spacial score (nSPS) is 12.3. The number of hydrazine groups is 1. The molecule has 5 nitrogen and oxygen atoms in total. The number of benzene rings is 1. The summed E-state index contributed by atoms with van der Waals surface area (Å²) in [6.45, 7) is 2.88. The van der Waals surface area contributed by atoms with E-state index in [-0.39, 0.29) is 5.91 Å². The van der Waals surface area contributed by atoms with Crippen LogP contribution >= 0.6 is 0 Å². The van der Waals surface area contributed by atoms with Gasteiger partial charge >= 0.3 is 0 Å². The molecule has 0 radical (unpaired) electrons. The average Bonchev–Trinajstić information content (AvgIpc) is 2.44. The molecular weight excluding hydrogens is 242 g/mol. The molecule has 106 valence electrons. The summed E-state index contributed by atoms with van der Waals surface area (Å²) < 4.78 is 5.33. The molecule has 1 atom stereocenters. The number of carbonyl (C=O) groups excluding carboxylic acids is 1. The fourth-order valence-corrected chi connectivity index (χ4v) is 1.89. The number of hydrogen-bond donors (Lipinski definition) is 2. The summed E-state index contributed by atoms with van der Waals surface area (Å²) in [6, 6.07) is 8.25. The van der Waals surface area contributed by atoms with Crippen LogP contribution in [0, 0.1) is 0 Å². The van der Waals surface area contributed by atoms with Crippen molar-refractivity contribution in [2.45, 2.75) is 32.4 Å². The highest BCUT2D eigenvalue weighted by molar-refractivity contribution is 5.75. The van der Waals surface area contributed by atoms with Gasteiger partial charge < -0.3 is 4.74 Å². The van der Waals surface area contributed by atoms with Gasteiger partial charge in [0.05, 0.1) is 7.11 Å². The molecular formula is C14H23N3O2. The third-order valence-corrected chi connectivity index (χ3v) is 3.31. The highest BCUT2D eigenvalue weighted by Crippen LogP contribution is 2.20. The van der Waals surface area contributed by atoms with Gasteiger partial charge in [0.15, 0.2) is 0 Å². The molecule has 5 heteroatoms. The Kier molecular flexibility index (Phi) is 6.32. The summed E-state index contributed by atoms with van der Waals surface area (Å²) in [4.78, 5) is 13.3. The first-order chi connectivity index (χ1) is 9.08. The van der Waals surface area contributed by atoms with Crippen molar-refractivity contribution < 1.29 is 9.53 Å². The van der Waals surface area contributed by atoms with Crippen LogP contribution in [0.3, 0.4) is 0 Å². The van der Waals surface area contributed by atoms with E-state index in [9.17, 15) is 4.79 Å². The lowest BCUT2D eigenvalue weighted by atomic mass is 10.1. The van der Waals surface area contributed by atoms with E-state index < -0.39 is 0 Å². The van der Waals surface area contributed by atoms with Crippen molar-refractivity contribution in [2.24, 2.45) is 5.84 Å². The third kappa shape index (κ3) is 4.89. The average molecular weight is 265 g/mol. The molecule has 1 aromatic carbocycles. The second-order valence-electron chi connectivity index (χ2n) is 4.68. The van der Waals surface area contributed by atoms with Gasteiger partial charge in [-0.25, -0.2) is 5.84 Å². The number of nitrogens with zero attached hydrogens (tertiary/aromatic N) is 1. The molecule has 3 N–H and O–H groups in total. The first kappa shape index (κ1) is 15.5. The zero-order chi connectivity index (χ0) is 14.3. The summed E-state index contributed by atoms with van der Waals surface area (Å²) in [5.41, 5.74) is 3.29. The molecule has 0 saturated carbocycles. The van der Waals surface area contributed by atoms with Crippen molar-refractivity contribution in [1.29, 1.82) is 0 Å². The Morgan fingerprint density at radius 3 is 2.79 bits per heavy atom. The molecule has 0 aliphatic rings. The molecule has 0 saturated heterocycles. The van der Waals surface area contributed by atoms with Crippen LogP contribution in [-0.2, 0) is 11.3 Å². The van der Waals surface area contributed by atoms with Crippen LogP contribution in [0.1, 0.15) is 25.3 Å². The van der Waals surface area contributed by atoms with Gasteiger partial charge in [0.1, 0.15) is 5.75 Å². The van der Waals surface area contributed by atoms with Gasteiger partial charge in [-0.15, -0.1) is 0 Å². The van der Waals surface area contributed by atoms with Gasteiger partial charge in [-0.05, 0) is 26.5 Å². The number of amides is 1. The number of para-hydroxylation sites is 1. The lowest BCUT2D eigenvalue weighted by Gasteiger charge is -2.25. The zero-order valence-corrected chi connectivity index (χ0v) is 11.8. The van der Waals surface area contributed by atoms with E-state index in [0.717, 1.165) is 24.3 Å². The molecule has 0 bridgehead atoms. The predicted octanol–water partition coefficient (Wildman–Crippen LogP) is 1.29. The summed E-state index contributed by atoms with van der Waals surface area (Å²) >= 11 is 0. The number of hydrogen-bond acceptors (Lipinski definition) is 4. The number of methoxy groups -OCH3 is 1. The number of nitrogens with one attached hydrogen (secondary N) is 1. The maximum absolute atomic E-state index is 11.1. The minimum absolute atomic E-state index is 0.127. The van der Waals surface area contributed by atoms with E-state index in [4.69, 9.17) is 10.6 Å². The maximum Gasteiger partial charge on any atom is 0.233 e. The topological polar surface area (TPSA) is 67.6 Å². The Morgan fingerprint density at radius 1 is 1.47 bits per heavy atom. The predicted molar refractivity (Wildman–Crippen MR) is 75.5 cm³/mol. The molecule has 0 aliphatic heterocycles. The Hall–Kier alpha value is -1.59. The van der Waals surface area contributed by atoms with E-state index >= 15 is 0 Å². The Labute approximate surface area is 114 Å². The van der Waals surface area contributed by atoms with E-state index in [1.165, 1.54) is 0 Å². The molecule has 19 heavy (non-hydrogen) atoms. The summed E-state index contributed by atoms with van der Waals surface area (Å²) in [5.74, 6) is 5.83.